The van der Waals surface area contributed by atoms with E-state index in [1.807, 2.05) is 64.0 Å². The summed E-state index contributed by atoms with van der Waals surface area (Å²) in [7, 11) is 0. The molecule has 0 unspecified atom stereocenters. The third-order valence-corrected chi connectivity index (χ3v) is 5.28. The van der Waals surface area contributed by atoms with Crippen molar-refractivity contribution in [2.45, 2.75) is 0 Å². The van der Waals surface area contributed by atoms with Crippen LogP contribution in [0.5, 0.6) is 0 Å². The molecule has 152 valence electrons. The number of aromatic nitrogens is 3. The molecule has 0 aliphatic carbocycles. The standard InChI is InChI=1S/C25H20N4O2/c30-25(28-13-15-31-16-14-28)21-4-2-20(3-5-21)22-6-8-24-27-17-23(29(24)18-22)7-1-19-9-11-26-12-10-19/h2-6,8-12,17-18H,13-16H2. The quantitative estimate of drug-likeness (QED) is 0.478. The van der Waals surface area contributed by atoms with Crippen LogP contribution in [0.4, 0.5) is 0 Å². The van der Waals surface area contributed by atoms with E-state index in [-0.39, 0.29) is 5.91 Å². The maximum Gasteiger partial charge on any atom is 0.254 e. The van der Waals surface area contributed by atoms with Gasteiger partial charge in [-0.1, -0.05) is 18.1 Å². The Morgan fingerprint density at radius 3 is 2.42 bits per heavy atom. The molecule has 3 aromatic heterocycles. The molecule has 5 rings (SSSR count). The van der Waals surface area contributed by atoms with Gasteiger partial charge in [-0.3, -0.25) is 14.2 Å². The summed E-state index contributed by atoms with van der Waals surface area (Å²) in [6, 6.07) is 15.5. The zero-order valence-electron chi connectivity index (χ0n) is 16.9. The van der Waals surface area contributed by atoms with Gasteiger partial charge >= 0.3 is 0 Å². The van der Waals surface area contributed by atoms with Crippen LogP contribution in [0, 0.1) is 11.8 Å². The molecule has 1 aromatic carbocycles. The van der Waals surface area contributed by atoms with Gasteiger partial charge in [-0.05, 0) is 53.4 Å². The van der Waals surface area contributed by atoms with Gasteiger partial charge in [-0.2, -0.15) is 0 Å². The second-order valence-corrected chi connectivity index (χ2v) is 7.26. The predicted molar refractivity (Wildman–Crippen MR) is 118 cm³/mol. The van der Waals surface area contributed by atoms with E-state index in [1.165, 1.54) is 0 Å². The van der Waals surface area contributed by atoms with Crippen LogP contribution in [0.1, 0.15) is 21.6 Å². The van der Waals surface area contributed by atoms with Gasteiger partial charge in [-0.25, -0.2) is 4.98 Å². The summed E-state index contributed by atoms with van der Waals surface area (Å²) in [6.07, 6.45) is 7.25. The smallest absolute Gasteiger partial charge is 0.254 e. The van der Waals surface area contributed by atoms with Gasteiger partial charge in [0.1, 0.15) is 11.3 Å². The SMILES string of the molecule is O=C(c1ccc(-c2ccc3ncc(C#Cc4ccncc4)n3c2)cc1)N1CCOCC1. The van der Waals surface area contributed by atoms with Crippen molar-refractivity contribution in [1.82, 2.24) is 19.3 Å². The Hall–Kier alpha value is -3.95. The maximum atomic E-state index is 12.7. The van der Waals surface area contributed by atoms with Crippen molar-refractivity contribution in [1.29, 1.82) is 0 Å². The maximum absolute atomic E-state index is 12.7. The fraction of sp³-hybridized carbons (Fsp3) is 0.160. The molecule has 1 aliphatic rings. The van der Waals surface area contributed by atoms with Crippen molar-refractivity contribution < 1.29 is 9.53 Å². The highest BCUT2D eigenvalue weighted by molar-refractivity contribution is 5.94. The molecule has 1 amide bonds. The van der Waals surface area contributed by atoms with Gasteiger partial charge in [0.15, 0.2) is 0 Å². The predicted octanol–water partition coefficient (Wildman–Crippen LogP) is 3.27. The lowest BCUT2D eigenvalue weighted by Crippen LogP contribution is -2.40. The van der Waals surface area contributed by atoms with Gasteiger partial charge in [0.2, 0.25) is 0 Å². The fourth-order valence-corrected chi connectivity index (χ4v) is 3.57. The molecule has 0 N–H and O–H groups in total. The first-order valence-corrected chi connectivity index (χ1v) is 10.1. The van der Waals surface area contributed by atoms with Gasteiger partial charge in [-0.15, -0.1) is 0 Å². The van der Waals surface area contributed by atoms with Crippen LogP contribution in [0.15, 0.2) is 73.3 Å². The van der Waals surface area contributed by atoms with Gasteiger partial charge in [0, 0.05) is 42.8 Å². The summed E-state index contributed by atoms with van der Waals surface area (Å²) < 4.78 is 7.31. The van der Waals surface area contributed by atoms with Crippen molar-refractivity contribution in [2.75, 3.05) is 26.3 Å². The average molecular weight is 408 g/mol. The van der Waals surface area contributed by atoms with Crippen LogP contribution < -0.4 is 0 Å². The van der Waals surface area contributed by atoms with Crippen LogP contribution in [-0.2, 0) is 4.74 Å². The lowest BCUT2D eigenvalue weighted by atomic mass is 10.0. The number of ether oxygens (including phenoxy) is 1. The highest BCUT2D eigenvalue weighted by atomic mass is 16.5. The third-order valence-electron chi connectivity index (χ3n) is 5.28. The highest BCUT2D eigenvalue weighted by Crippen LogP contribution is 2.22. The van der Waals surface area contributed by atoms with E-state index in [2.05, 4.69) is 21.8 Å². The van der Waals surface area contributed by atoms with E-state index in [1.54, 1.807) is 18.6 Å². The number of hydrogen-bond acceptors (Lipinski definition) is 4. The number of amides is 1. The highest BCUT2D eigenvalue weighted by Gasteiger charge is 2.18. The third kappa shape index (κ3) is 4.04. The summed E-state index contributed by atoms with van der Waals surface area (Å²) in [6.45, 7) is 2.48. The lowest BCUT2D eigenvalue weighted by Gasteiger charge is -2.26. The summed E-state index contributed by atoms with van der Waals surface area (Å²) >= 11 is 0. The first-order valence-electron chi connectivity index (χ1n) is 10.1. The van der Waals surface area contributed by atoms with E-state index in [0.29, 0.717) is 31.9 Å². The molecule has 31 heavy (non-hydrogen) atoms. The van der Waals surface area contributed by atoms with Crippen LogP contribution in [0.25, 0.3) is 16.8 Å². The van der Waals surface area contributed by atoms with Crippen molar-refractivity contribution >= 4 is 11.6 Å². The van der Waals surface area contributed by atoms with Crippen LogP contribution in [0.3, 0.4) is 0 Å². The van der Waals surface area contributed by atoms with Crippen LogP contribution in [0.2, 0.25) is 0 Å². The number of carbonyl (C=O) groups is 1. The second-order valence-electron chi connectivity index (χ2n) is 7.26. The number of pyridine rings is 2. The molecule has 0 saturated carbocycles. The van der Waals surface area contributed by atoms with E-state index < -0.39 is 0 Å². The zero-order valence-corrected chi connectivity index (χ0v) is 16.9. The molecular formula is C25H20N4O2. The second kappa shape index (κ2) is 8.42. The number of hydrogen-bond donors (Lipinski definition) is 0. The van der Waals surface area contributed by atoms with Crippen molar-refractivity contribution in [3.63, 3.8) is 0 Å². The largest absolute Gasteiger partial charge is 0.378 e. The van der Waals surface area contributed by atoms with Gasteiger partial charge in [0.25, 0.3) is 5.91 Å². The molecule has 0 spiro atoms. The molecule has 1 aliphatic heterocycles. The molecular weight excluding hydrogens is 388 g/mol. The first kappa shape index (κ1) is 19.0. The normalized spacial score (nSPS) is 13.6. The number of rotatable bonds is 2. The Labute approximate surface area is 180 Å². The first-order chi connectivity index (χ1) is 15.3. The summed E-state index contributed by atoms with van der Waals surface area (Å²) in [5.74, 6) is 6.38. The zero-order chi connectivity index (χ0) is 21.0. The van der Waals surface area contributed by atoms with E-state index in [0.717, 1.165) is 28.0 Å². The number of imidazole rings is 1. The molecule has 0 bridgehead atoms. The monoisotopic (exact) mass is 408 g/mol. The summed E-state index contributed by atoms with van der Waals surface area (Å²) in [4.78, 5) is 23.0. The van der Waals surface area contributed by atoms with Gasteiger partial charge in [0.05, 0.1) is 19.4 Å². The number of morpholine rings is 1. The molecule has 6 nitrogen and oxygen atoms in total. The Kier molecular flexibility index (Phi) is 5.17. The molecule has 1 fully saturated rings. The Morgan fingerprint density at radius 2 is 1.65 bits per heavy atom. The number of benzene rings is 1. The molecule has 1 saturated heterocycles. The minimum atomic E-state index is 0.0496. The molecule has 0 radical (unpaired) electrons. The molecule has 4 heterocycles. The van der Waals surface area contributed by atoms with E-state index in [9.17, 15) is 4.79 Å². The van der Waals surface area contributed by atoms with E-state index in [4.69, 9.17) is 4.74 Å². The number of carbonyl (C=O) groups excluding carboxylic acids is 1. The summed E-state index contributed by atoms with van der Waals surface area (Å²) in [5.41, 5.74) is 5.31. The minimum Gasteiger partial charge on any atom is -0.378 e. The van der Waals surface area contributed by atoms with Crippen molar-refractivity contribution in [2.24, 2.45) is 0 Å². The molecule has 4 aromatic rings. The average Bonchev–Trinajstić information content (AvgIpc) is 3.26. The van der Waals surface area contributed by atoms with Crippen molar-refractivity contribution in [3.05, 3.63) is 90.1 Å². The minimum absolute atomic E-state index is 0.0496. The van der Waals surface area contributed by atoms with E-state index >= 15 is 0 Å². The Morgan fingerprint density at radius 1 is 0.903 bits per heavy atom. The lowest BCUT2D eigenvalue weighted by molar-refractivity contribution is 0.0303. The Balaban J connectivity index is 1.41. The van der Waals surface area contributed by atoms with Gasteiger partial charge < -0.3 is 9.64 Å². The van der Waals surface area contributed by atoms with Crippen LogP contribution in [-0.4, -0.2) is 51.5 Å². The molecule has 0 atom stereocenters. The van der Waals surface area contributed by atoms with Crippen LogP contribution >= 0.6 is 0 Å². The summed E-state index contributed by atoms with van der Waals surface area (Å²) in [5, 5.41) is 0. The topological polar surface area (TPSA) is 59.7 Å². The molecule has 6 heteroatoms. The fourth-order valence-electron chi connectivity index (χ4n) is 3.57. The van der Waals surface area contributed by atoms with Crippen molar-refractivity contribution in [3.8, 4) is 23.0 Å². The number of nitrogens with zero attached hydrogens (tertiary/aromatic N) is 4. The number of fused-ring (bicyclic) bond motifs is 1. The Bertz CT molecular complexity index is 1280.